The number of pyridine rings is 1. The van der Waals surface area contributed by atoms with Gasteiger partial charge in [0.05, 0.1) is 4.90 Å². The quantitative estimate of drug-likeness (QED) is 0.0916. The molecule has 0 aliphatic carbocycles. The van der Waals surface area contributed by atoms with E-state index in [1.807, 2.05) is 18.7 Å². The van der Waals surface area contributed by atoms with Crippen molar-refractivity contribution in [3.8, 4) is 0 Å². The molecule has 0 fully saturated rings. The molecule has 0 spiro atoms. The Morgan fingerprint density at radius 1 is 0.714 bits per heavy atom. The topological polar surface area (TPSA) is 61.1 Å². The molecule has 2 aromatic rings. The lowest BCUT2D eigenvalue weighted by molar-refractivity contribution is -0.671. The lowest BCUT2D eigenvalue weighted by Gasteiger charge is -2.05. The molecule has 0 unspecified atom stereocenters. The number of benzene rings is 1. The van der Waals surface area contributed by atoms with Crippen LogP contribution in [0.5, 0.6) is 0 Å². The zero-order valence-electron chi connectivity index (χ0n) is 22.2. The monoisotopic (exact) mass is 521 g/mol. The van der Waals surface area contributed by atoms with Gasteiger partial charge in [-0.2, -0.15) is 0 Å². The van der Waals surface area contributed by atoms with Gasteiger partial charge in [-0.3, -0.25) is 0 Å². The molecule has 0 N–H and O–H groups in total. The van der Waals surface area contributed by atoms with E-state index in [1.54, 1.807) is 12.1 Å². The van der Waals surface area contributed by atoms with Crippen molar-refractivity contribution in [3.63, 3.8) is 0 Å². The number of aryl methyl sites for hydroxylation is 2. The van der Waals surface area contributed by atoms with Crippen molar-refractivity contribution >= 4 is 21.9 Å². The average molecular weight is 522 g/mol. The van der Waals surface area contributed by atoms with Gasteiger partial charge < -0.3 is 4.55 Å². The molecule has 35 heavy (non-hydrogen) atoms. The summed E-state index contributed by atoms with van der Waals surface area (Å²) in [6.07, 6.45) is 24.4. The third-order valence-corrected chi connectivity index (χ3v) is 7.97. The van der Waals surface area contributed by atoms with E-state index in [0.29, 0.717) is 0 Å². The Labute approximate surface area is 219 Å². The van der Waals surface area contributed by atoms with E-state index in [4.69, 9.17) is 0 Å². The highest BCUT2D eigenvalue weighted by Crippen LogP contribution is 2.19. The first-order valence-electron chi connectivity index (χ1n) is 13.4. The number of hydrogen-bond donors (Lipinski definition) is 0. The summed E-state index contributed by atoms with van der Waals surface area (Å²) < 4.78 is 33.3. The molecular weight excluding hydrogens is 474 g/mol. The van der Waals surface area contributed by atoms with Crippen LogP contribution in [0.4, 0.5) is 0 Å². The Balaban J connectivity index is 0.000000462. The van der Waals surface area contributed by atoms with Gasteiger partial charge >= 0.3 is 0 Å². The van der Waals surface area contributed by atoms with Gasteiger partial charge in [-0.1, -0.05) is 108 Å². The van der Waals surface area contributed by atoms with Crippen LogP contribution in [0.1, 0.15) is 102 Å². The molecule has 0 saturated carbocycles. The summed E-state index contributed by atoms with van der Waals surface area (Å²) in [7, 11) is -2.20. The number of rotatable bonds is 17. The summed E-state index contributed by atoms with van der Waals surface area (Å²) in [6, 6.07) is 10.2. The fourth-order valence-corrected chi connectivity index (χ4v) is 5.14. The zero-order valence-corrected chi connectivity index (χ0v) is 23.8. The van der Waals surface area contributed by atoms with Gasteiger partial charge in [-0.25, -0.2) is 13.0 Å². The standard InChI is InChI=1S/C22H40NS.C7H8O3S/c1-3-4-5-6-7-8-9-10-11-12-13-14-15-16-21-24-22-17-19-23(2)20-18-22;1-6-2-4-7(5-3-6)11(8,9)10/h17-20H,3-16,21H2,1-2H3;2-5H,1H3,(H,8,9,10)/q+1;/p-1. The summed E-state index contributed by atoms with van der Waals surface area (Å²) in [4.78, 5) is 1.23. The van der Waals surface area contributed by atoms with Gasteiger partial charge in [0.1, 0.15) is 17.2 Å². The van der Waals surface area contributed by atoms with Crippen molar-refractivity contribution in [1.29, 1.82) is 0 Å². The fraction of sp³-hybridized carbons (Fsp3) is 0.621. The molecule has 1 heterocycles. The van der Waals surface area contributed by atoms with E-state index < -0.39 is 10.1 Å². The smallest absolute Gasteiger partial charge is 0.169 e. The molecule has 0 aliphatic heterocycles. The van der Waals surface area contributed by atoms with E-state index in [2.05, 4.69) is 43.1 Å². The minimum atomic E-state index is -4.27. The summed E-state index contributed by atoms with van der Waals surface area (Å²) in [5, 5.41) is 0. The molecule has 2 rings (SSSR count). The van der Waals surface area contributed by atoms with Crippen LogP contribution in [-0.2, 0) is 17.2 Å². The predicted octanol–water partition coefficient (Wildman–Crippen LogP) is 7.98. The number of thioether (sulfide) groups is 1. The summed E-state index contributed by atoms with van der Waals surface area (Å²) in [6.45, 7) is 4.11. The van der Waals surface area contributed by atoms with Crippen molar-refractivity contribution in [2.45, 2.75) is 114 Å². The van der Waals surface area contributed by atoms with Crippen molar-refractivity contribution in [1.82, 2.24) is 0 Å². The van der Waals surface area contributed by atoms with Crippen LogP contribution >= 0.6 is 11.8 Å². The summed E-state index contributed by atoms with van der Waals surface area (Å²) in [5.74, 6) is 1.27. The molecule has 1 aromatic carbocycles. The molecule has 0 bridgehead atoms. The molecule has 198 valence electrons. The Morgan fingerprint density at radius 2 is 1.14 bits per heavy atom. The van der Waals surface area contributed by atoms with Crippen LogP contribution in [0.25, 0.3) is 0 Å². The Morgan fingerprint density at radius 3 is 1.57 bits per heavy atom. The van der Waals surface area contributed by atoms with Crippen molar-refractivity contribution in [3.05, 3.63) is 54.4 Å². The van der Waals surface area contributed by atoms with Crippen LogP contribution in [0.2, 0.25) is 0 Å². The van der Waals surface area contributed by atoms with E-state index >= 15 is 0 Å². The van der Waals surface area contributed by atoms with Crippen molar-refractivity contribution in [2.24, 2.45) is 7.05 Å². The normalized spacial score (nSPS) is 11.2. The highest BCUT2D eigenvalue weighted by Gasteiger charge is 1.99. The molecule has 0 atom stereocenters. The zero-order chi connectivity index (χ0) is 25.8. The fourth-order valence-electron chi connectivity index (χ4n) is 3.78. The Bertz CT molecular complexity index is 866. The number of hydrogen-bond acceptors (Lipinski definition) is 4. The van der Waals surface area contributed by atoms with E-state index in [-0.39, 0.29) is 4.90 Å². The SMILES string of the molecule is CCCCCCCCCCCCCCCCSc1cc[n+](C)cc1.Cc1ccc(S(=O)(=O)[O-])cc1. The predicted molar refractivity (Wildman–Crippen MR) is 148 cm³/mol. The van der Waals surface area contributed by atoms with Crippen molar-refractivity contribution in [2.75, 3.05) is 5.75 Å². The summed E-state index contributed by atoms with van der Waals surface area (Å²) in [5.41, 5.74) is 0.928. The minimum absolute atomic E-state index is 0.178. The maximum atomic E-state index is 10.4. The van der Waals surface area contributed by atoms with Crippen LogP contribution in [-0.4, -0.2) is 18.7 Å². The minimum Gasteiger partial charge on any atom is -0.744 e. The number of aromatic nitrogens is 1. The van der Waals surface area contributed by atoms with Crippen LogP contribution in [0, 0.1) is 6.92 Å². The van der Waals surface area contributed by atoms with E-state index in [0.717, 1.165) is 5.56 Å². The number of unbranched alkanes of at least 4 members (excludes halogenated alkanes) is 13. The molecule has 0 radical (unpaired) electrons. The third-order valence-electron chi connectivity index (χ3n) is 6.02. The second-order valence-electron chi connectivity index (χ2n) is 9.41. The van der Waals surface area contributed by atoms with Gasteiger partial charge in [0.25, 0.3) is 0 Å². The molecule has 6 heteroatoms. The second-order valence-corrected chi connectivity index (χ2v) is 12.0. The Hall–Kier alpha value is -1.37. The molecule has 0 saturated heterocycles. The van der Waals surface area contributed by atoms with Gasteiger partial charge in [0.15, 0.2) is 12.4 Å². The lowest BCUT2D eigenvalue weighted by atomic mass is 10.0. The van der Waals surface area contributed by atoms with Crippen molar-refractivity contribution < 1.29 is 17.5 Å². The first-order chi connectivity index (χ1) is 16.8. The summed E-state index contributed by atoms with van der Waals surface area (Å²) >= 11 is 2.00. The highest BCUT2D eigenvalue weighted by atomic mass is 32.2. The van der Waals surface area contributed by atoms with Gasteiger partial charge in [0, 0.05) is 17.0 Å². The van der Waals surface area contributed by atoms with E-state index in [1.165, 1.54) is 113 Å². The van der Waals surface area contributed by atoms with Gasteiger partial charge in [-0.15, -0.1) is 11.8 Å². The first kappa shape index (κ1) is 31.7. The molecular formula is C29H47NO3S2. The average Bonchev–Trinajstić information content (AvgIpc) is 2.83. The second kappa shape index (κ2) is 19.8. The van der Waals surface area contributed by atoms with E-state index in [9.17, 15) is 13.0 Å². The molecule has 0 aliphatic rings. The lowest BCUT2D eigenvalue weighted by Crippen LogP contribution is -2.25. The third kappa shape index (κ3) is 17.7. The van der Waals surface area contributed by atoms with Crippen LogP contribution < -0.4 is 4.57 Å². The number of nitrogens with zero attached hydrogens (tertiary/aromatic N) is 1. The molecule has 1 aromatic heterocycles. The maximum Gasteiger partial charge on any atom is 0.169 e. The van der Waals surface area contributed by atoms with Gasteiger partial charge in [-0.05, 0) is 31.2 Å². The first-order valence-corrected chi connectivity index (χ1v) is 15.8. The Kier molecular flexibility index (Phi) is 17.9. The van der Waals surface area contributed by atoms with Gasteiger partial charge in [0.2, 0.25) is 0 Å². The van der Waals surface area contributed by atoms with Crippen LogP contribution in [0.15, 0.2) is 58.6 Å². The molecule has 4 nitrogen and oxygen atoms in total. The maximum absolute atomic E-state index is 10.4. The molecule has 0 amide bonds. The highest BCUT2D eigenvalue weighted by molar-refractivity contribution is 7.99. The van der Waals surface area contributed by atoms with Crippen LogP contribution in [0.3, 0.4) is 0 Å². The largest absolute Gasteiger partial charge is 0.744 e.